The normalized spacial score (nSPS) is 10.7. The Morgan fingerprint density at radius 1 is 1.08 bits per heavy atom. The number of methoxy groups -OCH3 is 2. The third kappa shape index (κ3) is 4.11. The predicted molar refractivity (Wildman–Crippen MR) is 103 cm³/mol. The molecule has 0 fully saturated rings. The maximum atomic E-state index is 12.2. The summed E-state index contributed by atoms with van der Waals surface area (Å²) in [5, 5.41) is 4.67. The SMILES string of the molecule is COc1ccc(CCNC(=O)Cn2ccc3ccc(Cl)cc32)cc1OC. The molecule has 0 aliphatic carbocycles. The van der Waals surface area contributed by atoms with Crippen molar-refractivity contribution in [2.24, 2.45) is 0 Å². The summed E-state index contributed by atoms with van der Waals surface area (Å²) in [5.41, 5.74) is 2.02. The minimum Gasteiger partial charge on any atom is -0.493 e. The fourth-order valence-corrected chi connectivity index (χ4v) is 3.05. The molecule has 1 aromatic heterocycles. The van der Waals surface area contributed by atoms with Gasteiger partial charge in [0.2, 0.25) is 5.91 Å². The molecule has 6 heteroatoms. The van der Waals surface area contributed by atoms with Crippen LogP contribution in [0.25, 0.3) is 10.9 Å². The van der Waals surface area contributed by atoms with Crippen molar-refractivity contribution in [3.63, 3.8) is 0 Å². The lowest BCUT2D eigenvalue weighted by atomic mass is 10.1. The second kappa shape index (κ2) is 8.15. The third-order valence-electron chi connectivity index (χ3n) is 4.23. The number of nitrogens with zero attached hydrogens (tertiary/aromatic N) is 1. The van der Waals surface area contributed by atoms with E-state index in [0.717, 1.165) is 16.5 Å². The molecule has 0 aliphatic heterocycles. The second-order valence-electron chi connectivity index (χ2n) is 5.94. The van der Waals surface area contributed by atoms with Crippen LogP contribution in [0.15, 0.2) is 48.7 Å². The lowest BCUT2D eigenvalue weighted by Crippen LogP contribution is -2.29. The summed E-state index contributed by atoms with van der Waals surface area (Å²) in [5.74, 6) is 1.34. The van der Waals surface area contributed by atoms with Crippen molar-refractivity contribution < 1.29 is 14.3 Å². The van der Waals surface area contributed by atoms with Gasteiger partial charge in [-0.2, -0.15) is 0 Å². The maximum absolute atomic E-state index is 12.2. The Labute approximate surface area is 157 Å². The number of hydrogen-bond acceptors (Lipinski definition) is 3. The molecule has 0 saturated heterocycles. The topological polar surface area (TPSA) is 52.5 Å². The van der Waals surface area contributed by atoms with Gasteiger partial charge < -0.3 is 19.4 Å². The summed E-state index contributed by atoms with van der Waals surface area (Å²) in [6.45, 7) is 0.810. The number of amides is 1. The molecule has 5 nitrogen and oxygen atoms in total. The monoisotopic (exact) mass is 372 g/mol. The van der Waals surface area contributed by atoms with E-state index in [-0.39, 0.29) is 12.5 Å². The Morgan fingerprint density at radius 3 is 2.65 bits per heavy atom. The van der Waals surface area contributed by atoms with Crippen LogP contribution in [-0.4, -0.2) is 31.2 Å². The summed E-state index contributed by atoms with van der Waals surface area (Å²) in [4.78, 5) is 12.2. The number of aromatic nitrogens is 1. The van der Waals surface area contributed by atoms with E-state index in [0.29, 0.717) is 29.5 Å². The zero-order chi connectivity index (χ0) is 18.5. The molecule has 0 unspecified atom stereocenters. The molecule has 0 radical (unpaired) electrons. The van der Waals surface area contributed by atoms with Crippen molar-refractivity contribution in [3.05, 3.63) is 59.2 Å². The molecule has 3 aromatic rings. The Hall–Kier alpha value is -2.66. The molecule has 0 atom stereocenters. The van der Waals surface area contributed by atoms with E-state index in [4.69, 9.17) is 21.1 Å². The van der Waals surface area contributed by atoms with Gasteiger partial charge in [-0.15, -0.1) is 0 Å². The summed E-state index contributed by atoms with van der Waals surface area (Å²) in [7, 11) is 3.22. The minimum absolute atomic E-state index is 0.0389. The van der Waals surface area contributed by atoms with Gasteiger partial charge in [-0.1, -0.05) is 23.7 Å². The first-order valence-corrected chi connectivity index (χ1v) is 8.70. The number of carbonyl (C=O) groups is 1. The zero-order valence-corrected chi connectivity index (χ0v) is 15.5. The molecule has 0 saturated carbocycles. The molecule has 1 heterocycles. The largest absolute Gasteiger partial charge is 0.493 e. The Bertz CT molecular complexity index is 921. The lowest BCUT2D eigenvalue weighted by Gasteiger charge is -2.10. The highest BCUT2D eigenvalue weighted by Gasteiger charge is 2.08. The van der Waals surface area contributed by atoms with Crippen molar-refractivity contribution in [3.8, 4) is 11.5 Å². The van der Waals surface area contributed by atoms with E-state index in [1.807, 2.05) is 53.2 Å². The van der Waals surface area contributed by atoms with Crippen LogP contribution in [0.1, 0.15) is 5.56 Å². The molecule has 0 aliphatic rings. The summed E-state index contributed by atoms with van der Waals surface area (Å²) in [6.07, 6.45) is 2.61. The van der Waals surface area contributed by atoms with Gasteiger partial charge in [0.1, 0.15) is 6.54 Å². The van der Waals surface area contributed by atoms with Crippen molar-refractivity contribution in [2.45, 2.75) is 13.0 Å². The number of benzene rings is 2. The molecule has 1 amide bonds. The van der Waals surface area contributed by atoms with E-state index >= 15 is 0 Å². The zero-order valence-electron chi connectivity index (χ0n) is 14.8. The van der Waals surface area contributed by atoms with Crippen molar-refractivity contribution in [1.82, 2.24) is 9.88 Å². The summed E-state index contributed by atoms with van der Waals surface area (Å²) in [6, 6.07) is 13.4. The second-order valence-corrected chi connectivity index (χ2v) is 6.37. The smallest absolute Gasteiger partial charge is 0.239 e. The molecule has 26 heavy (non-hydrogen) atoms. The number of halogens is 1. The standard InChI is InChI=1S/C20H21ClN2O3/c1-25-18-6-3-14(11-19(18)26-2)7-9-22-20(24)13-23-10-8-15-4-5-16(21)12-17(15)23/h3-6,8,10-12H,7,9,13H2,1-2H3,(H,22,24). The average molecular weight is 373 g/mol. The fraction of sp³-hybridized carbons (Fsp3) is 0.250. The number of fused-ring (bicyclic) bond motifs is 1. The number of carbonyl (C=O) groups excluding carboxylic acids is 1. The highest BCUT2D eigenvalue weighted by atomic mass is 35.5. The molecule has 2 aromatic carbocycles. The predicted octanol–water partition coefficient (Wildman–Crippen LogP) is 3.67. The van der Waals surface area contributed by atoms with Gasteiger partial charge in [0, 0.05) is 23.3 Å². The van der Waals surface area contributed by atoms with Crippen LogP contribution in [0.3, 0.4) is 0 Å². The Morgan fingerprint density at radius 2 is 1.88 bits per heavy atom. The van der Waals surface area contributed by atoms with Crippen molar-refractivity contribution in [2.75, 3.05) is 20.8 Å². The Balaban J connectivity index is 1.56. The minimum atomic E-state index is -0.0389. The first kappa shape index (κ1) is 18.1. The highest BCUT2D eigenvalue weighted by Crippen LogP contribution is 2.27. The van der Waals surface area contributed by atoms with E-state index in [1.165, 1.54) is 0 Å². The molecule has 0 bridgehead atoms. The number of hydrogen-bond donors (Lipinski definition) is 1. The van der Waals surface area contributed by atoms with Crippen LogP contribution >= 0.6 is 11.6 Å². The van der Waals surface area contributed by atoms with Gasteiger partial charge in [-0.05, 0) is 47.7 Å². The average Bonchev–Trinajstić information content (AvgIpc) is 3.03. The highest BCUT2D eigenvalue weighted by molar-refractivity contribution is 6.31. The fourth-order valence-electron chi connectivity index (χ4n) is 2.89. The molecule has 136 valence electrons. The van der Waals surface area contributed by atoms with Crippen molar-refractivity contribution >= 4 is 28.4 Å². The van der Waals surface area contributed by atoms with E-state index in [9.17, 15) is 4.79 Å². The van der Waals surface area contributed by atoms with Gasteiger partial charge in [-0.25, -0.2) is 0 Å². The summed E-state index contributed by atoms with van der Waals surface area (Å²) >= 11 is 6.05. The van der Waals surface area contributed by atoms with Crippen LogP contribution in [0.5, 0.6) is 11.5 Å². The van der Waals surface area contributed by atoms with Gasteiger partial charge in [0.05, 0.1) is 14.2 Å². The number of ether oxygens (including phenoxy) is 2. The molecule has 0 spiro atoms. The van der Waals surface area contributed by atoms with Crippen LogP contribution in [0.4, 0.5) is 0 Å². The maximum Gasteiger partial charge on any atom is 0.239 e. The summed E-state index contributed by atoms with van der Waals surface area (Å²) < 4.78 is 12.4. The van der Waals surface area contributed by atoms with Gasteiger partial charge in [0.25, 0.3) is 0 Å². The van der Waals surface area contributed by atoms with Gasteiger partial charge >= 0.3 is 0 Å². The van der Waals surface area contributed by atoms with Crippen LogP contribution < -0.4 is 14.8 Å². The lowest BCUT2D eigenvalue weighted by molar-refractivity contribution is -0.121. The van der Waals surface area contributed by atoms with Gasteiger partial charge in [0.15, 0.2) is 11.5 Å². The molecular formula is C20H21ClN2O3. The number of rotatable bonds is 7. The van der Waals surface area contributed by atoms with Crippen molar-refractivity contribution in [1.29, 1.82) is 0 Å². The van der Waals surface area contributed by atoms with Gasteiger partial charge in [-0.3, -0.25) is 4.79 Å². The van der Waals surface area contributed by atoms with E-state index < -0.39 is 0 Å². The molecular weight excluding hydrogens is 352 g/mol. The third-order valence-corrected chi connectivity index (χ3v) is 4.47. The van der Waals surface area contributed by atoms with Crippen LogP contribution in [0.2, 0.25) is 5.02 Å². The molecule has 1 N–H and O–H groups in total. The van der Waals surface area contributed by atoms with E-state index in [1.54, 1.807) is 14.2 Å². The van der Waals surface area contributed by atoms with E-state index in [2.05, 4.69) is 5.32 Å². The Kier molecular flexibility index (Phi) is 5.68. The quantitative estimate of drug-likeness (QED) is 0.688. The molecule has 3 rings (SSSR count). The number of nitrogens with one attached hydrogen (secondary N) is 1. The van der Waals surface area contributed by atoms with Crippen LogP contribution in [-0.2, 0) is 17.8 Å². The first-order chi connectivity index (χ1) is 12.6. The van der Waals surface area contributed by atoms with Crippen LogP contribution in [0, 0.1) is 0 Å². The first-order valence-electron chi connectivity index (χ1n) is 8.32.